The summed E-state index contributed by atoms with van der Waals surface area (Å²) in [5.41, 5.74) is -1.04. The van der Waals surface area contributed by atoms with Crippen LogP contribution in [0.4, 0.5) is 18.9 Å². The van der Waals surface area contributed by atoms with Crippen LogP contribution < -0.4 is 4.72 Å². The van der Waals surface area contributed by atoms with Crippen molar-refractivity contribution in [1.82, 2.24) is 14.5 Å². The normalized spacial score (nSPS) is 13.3. The van der Waals surface area contributed by atoms with Gasteiger partial charge in [-0.2, -0.15) is 31.0 Å². The highest BCUT2D eigenvalue weighted by atomic mass is 32.2. The predicted octanol–water partition coefficient (Wildman–Crippen LogP) is 2.58. The van der Waals surface area contributed by atoms with Gasteiger partial charge in [0.05, 0.1) is 23.0 Å². The Bertz CT molecular complexity index is 783. The van der Waals surface area contributed by atoms with E-state index in [4.69, 9.17) is 0 Å². The third-order valence-electron chi connectivity index (χ3n) is 3.22. The lowest BCUT2D eigenvalue weighted by atomic mass is 10.1. The maximum atomic E-state index is 13.1. The van der Waals surface area contributed by atoms with Crippen molar-refractivity contribution in [3.05, 3.63) is 23.9 Å². The van der Waals surface area contributed by atoms with E-state index in [9.17, 15) is 21.6 Å². The summed E-state index contributed by atoms with van der Waals surface area (Å²) < 4.78 is 66.5. The standard InChI is InChI=1S/C12H15F3N4O2S/c1-7(2)19(3)22(20,21)18-8-4-10(12(13,14)15)9-6-16-17-11(9)5-8/h4-7,18H,1-3H3,(H,16,17). The molecule has 0 amide bonds. The second-order valence-corrected chi connectivity index (χ2v) is 6.80. The van der Waals surface area contributed by atoms with Crippen LogP contribution in [0.1, 0.15) is 19.4 Å². The summed E-state index contributed by atoms with van der Waals surface area (Å²) in [5.74, 6) is 0. The monoisotopic (exact) mass is 336 g/mol. The van der Waals surface area contributed by atoms with E-state index in [2.05, 4.69) is 14.9 Å². The first kappa shape index (κ1) is 16.6. The molecule has 10 heteroatoms. The van der Waals surface area contributed by atoms with Crippen LogP contribution in [0.3, 0.4) is 0 Å². The molecule has 0 aliphatic rings. The van der Waals surface area contributed by atoms with E-state index in [-0.39, 0.29) is 22.6 Å². The highest BCUT2D eigenvalue weighted by molar-refractivity contribution is 7.90. The van der Waals surface area contributed by atoms with E-state index in [0.717, 1.165) is 16.6 Å². The van der Waals surface area contributed by atoms with Gasteiger partial charge in [0.2, 0.25) is 0 Å². The minimum absolute atomic E-state index is 0.0970. The Morgan fingerprint density at radius 3 is 2.50 bits per heavy atom. The van der Waals surface area contributed by atoms with Crippen molar-refractivity contribution >= 4 is 26.8 Å². The van der Waals surface area contributed by atoms with E-state index >= 15 is 0 Å². The predicted molar refractivity (Wildman–Crippen MR) is 76.5 cm³/mol. The second-order valence-electron chi connectivity index (χ2n) is 5.07. The molecule has 0 aliphatic carbocycles. The van der Waals surface area contributed by atoms with Crippen LogP contribution in [-0.4, -0.2) is 36.0 Å². The van der Waals surface area contributed by atoms with Gasteiger partial charge in [0, 0.05) is 18.5 Å². The summed E-state index contributed by atoms with van der Waals surface area (Å²) in [5, 5.41) is 5.86. The van der Waals surface area contributed by atoms with Gasteiger partial charge in [-0.25, -0.2) is 0 Å². The molecule has 1 heterocycles. The van der Waals surface area contributed by atoms with E-state index in [1.807, 2.05) is 0 Å². The van der Waals surface area contributed by atoms with Crippen molar-refractivity contribution in [2.24, 2.45) is 0 Å². The fraction of sp³-hybridized carbons (Fsp3) is 0.417. The highest BCUT2D eigenvalue weighted by Gasteiger charge is 2.34. The third kappa shape index (κ3) is 3.17. The molecule has 22 heavy (non-hydrogen) atoms. The van der Waals surface area contributed by atoms with Crippen LogP contribution in [-0.2, 0) is 16.4 Å². The minimum Gasteiger partial charge on any atom is -0.278 e. The summed E-state index contributed by atoms with van der Waals surface area (Å²) in [4.78, 5) is 0. The lowest BCUT2D eigenvalue weighted by molar-refractivity contribution is -0.136. The summed E-state index contributed by atoms with van der Waals surface area (Å²) in [6.45, 7) is 3.30. The van der Waals surface area contributed by atoms with Gasteiger partial charge in [-0.05, 0) is 26.0 Å². The average molecular weight is 336 g/mol. The smallest absolute Gasteiger partial charge is 0.278 e. The molecule has 1 aromatic carbocycles. The molecule has 6 nitrogen and oxygen atoms in total. The molecule has 0 atom stereocenters. The van der Waals surface area contributed by atoms with Gasteiger partial charge >= 0.3 is 16.4 Å². The van der Waals surface area contributed by atoms with E-state index < -0.39 is 21.9 Å². The Morgan fingerprint density at radius 1 is 1.32 bits per heavy atom. The first-order chi connectivity index (χ1) is 10.0. The number of benzene rings is 1. The summed E-state index contributed by atoms with van der Waals surface area (Å²) >= 11 is 0. The number of halogens is 3. The zero-order valence-corrected chi connectivity index (χ0v) is 12.9. The molecule has 1 aromatic heterocycles. The number of alkyl halides is 3. The Hall–Kier alpha value is -1.81. The lowest BCUT2D eigenvalue weighted by Crippen LogP contribution is -2.37. The van der Waals surface area contributed by atoms with Crippen molar-refractivity contribution < 1.29 is 21.6 Å². The summed E-state index contributed by atoms with van der Waals surface area (Å²) in [6.07, 6.45) is -3.57. The number of rotatable bonds is 4. The molecule has 2 rings (SSSR count). The van der Waals surface area contributed by atoms with Crippen LogP contribution in [0.15, 0.2) is 18.3 Å². The number of anilines is 1. The maximum Gasteiger partial charge on any atom is 0.417 e. The van der Waals surface area contributed by atoms with E-state index in [1.165, 1.54) is 13.1 Å². The molecule has 2 N–H and O–H groups in total. The second kappa shape index (κ2) is 5.43. The van der Waals surface area contributed by atoms with Crippen molar-refractivity contribution in [1.29, 1.82) is 0 Å². The molecular formula is C12H15F3N4O2S. The van der Waals surface area contributed by atoms with Crippen LogP contribution in [0, 0.1) is 0 Å². The number of aromatic nitrogens is 2. The molecule has 0 aliphatic heterocycles. The first-order valence-electron chi connectivity index (χ1n) is 6.32. The first-order valence-corrected chi connectivity index (χ1v) is 7.76. The van der Waals surface area contributed by atoms with Gasteiger partial charge in [-0.3, -0.25) is 9.82 Å². The molecule has 2 aromatic rings. The Kier molecular flexibility index (Phi) is 4.09. The van der Waals surface area contributed by atoms with Gasteiger partial charge in [0.1, 0.15) is 0 Å². The number of hydrogen-bond acceptors (Lipinski definition) is 3. The largest absolute Gasteiger partial charge is 0.417 e. The van der Waals surface area contributed by atoms with Gasteiger partial charge in [-0.1, -0.05) is 0 Å². The number of H-pyrrole nitrogens is 1. The molecule has 0 saturated carbocycles. The molecular weight excluding hydrogens is 321 g/mol. The fourth-order valence-corrected chi connectivity index (χ4v) is 2.96. The van der Waals surface area contributed by atoms with Gasteiger partial charge < -0.3 is 0 Å². The quantitative estimate of drug-likeness (QED) is 0.901. The SMILES string of the molecule is CC(C)N(C)S(=O)(=O)Nc1cc(C(F)(F)F)c2cn[nH]c2c1. The number of aromatic amines is 1. The van der Waals surface area contributed by atoms with Crippen LogP contribution in [0.2, 0.25) is 0 Å². The van der Waals surface area contributed by atoms with Crippen molar-refractivity contribution in [2.75, 3.05) is 11.8 Å². The van der Waals surface area contributed by atoms with Crippen LogP contribution in [0.25, 0.3) is 10.9 Å². The van der Waals surface area contributed by atoms with Gasteiger partial charge in [0.25, 0.3) is 0 Å². The number of nitrogens with zero attached hydrogens (tertiary/aromatic N) is 2. The van der Waals surface area contributed by atoms with E-state index in [0.29, 0.717) is 0 Å². The topological polar surface area (TPSA) is 78.1 Å². The molecule has 0 saturated heterocycles. The Labute approximate surface area is 125 Å². The number of fused-ring (bicyclic) bond motifs is 1. The maximum absolute atomic E-state index is 13.1. The van der Waals surface area contributed by atoms with Gasteiger partial charge in [0.15, 0.2) is 0 Å². The minimum atomic E-state index is -4.62. The molecule has 0 fully saturated rings. The molecule has 0 unspecified atom stereocenters. The summed E-state index contributed by atoms with van der Waals surface area (Å²) in [7, 11) is -2.61. The van der Waals surface area contributed by atoms with Gasteiger partial charge in [-0.15, -0.1) is 0 Å². The number of nitrogens with one attached hydrogen (secondary N) is 2. The molecule has 122 valence electrons. The fourth-order valence-electron chi connectivity index (χ4n) is 1.84. The van der Waals surface area contributed by atoms with Crippen molar-refractivity contribution in [3.8, 4) is 0 Å². The molecule has 0 spiro atoms. The Balaban J connectivity index is 2.49. The third-order valence-corrected chi connectivity index (χ3v) is 4.89. The van der Waals surface area contributed by atoms with Crippen LogP contribution in [0.5, 0.6) is 0 Å². The van der Waals surface area contributed by atoms with Crippen molar-refractivity contribution in [3.63, 3.8) is 0 Å². The van der Waals surface area contributed by atoms with E-state index in [1.54, 1.807) is 13.8 Å². The molecule has 0 radical (unpaired) electrons. The summed E-state index contributed by atoms with van der Waals surface area (Å²) in [6, 6.07) is 1.68. The average Bonchev–Trinajstić information content (AvgIpc) is 2.82. The van der Waals surface area contributed by atoms with Crippen molar-refractivity contribution in [2.45, 2.75) is 26.1 Å². The number of hydrogen-bond donors (Lipinski definition) is 2. The zero-order valence-electron chi connectivity index (χ0n) is 12.1. The van der Waals surface area contributed by atoms with Crippen LogP contribution >= 0.6 is 0 Å². The molecule has 0 bridgehead atoms. The zero-order chi connectivity index (χ0) is 16.7. The Morgan fingerprint density at radius 2 is 1.95 bits per heavy atom. The highest BCUT2D eigenvalue weighted by Crippen LogP contribution is 2.36. The lowest BCUT2D eigenvalue weighted by Gasteiger charge is -2.22.